The van der Waals surface area contributed by atoms with Crippen molar-refractivity contribution in [2.24, 2.45) is 5.92 Å². The van der Waals surface area contributed by atoms with Gasteiger partial charge in [0.1, 0.15) is 19.3 Å². The first-order valence-electron chi connectivity index (χ1n) is 8.98. The van der Waals surface area contributed by atoms with Crippen molar-refractivity contribution in [3.8, 4) is 11.5 Å². The van der Waals surface area contributed by atoms with Gasteiger partial charge in [0.2, 0.25) is 0 Å². The van der Waals surface area contributed by atoms with Gasteiger partial charge in [0.15, 0.2) is 11.5 Å². The van der Waals surface area contributed by atoms with E-state index < -0.39 is 0 Å². The number of benzene rings is 1. The third kappa shape index (κ3) is 2.86. The van der Waals surface area contributed by atoms with E-state index in [1.165, 1.54) is 38.4 Å². The van der Waals surface area contributed by atoms with Gasteiger partial charge in [-0.1, -0.05) is 18.9 Å². The van der Waals surface area contributed by atoms with Crippen LogP contribution in [0.15, 0.2) is 18.2 Å². The Hall–Kier alpha value is -1.75. The van der Waals surface area contributed by atoms with Gasteiger partial charge in [-0.2, -0.15) is 0 Å². The first kappa shape index (κ1) is 15.8. The number of rotatable bonds is 3. The monoisotopic (exact) mass is 331 g/mol. The van der Waals surface area contributed by atoms with Crippen LogP contribution in [0.2, 0.25) is 0 Å². The molecule has 0 aromatic heterocycles. The highest BCUT2D eigenvalue weighted by molar-refractivity contribution is 5.76. The van der Waals surface area contributed by atoms with E-state index in [0.717, 1.165) is 24.5 Å². The number of ether oxygens (including phenoxy) is 3. The molecule has 0 N–H and O–H groups in total. The average molecular weight is 331 g/mol. The molecule has 0 amide bonds. The maximum Gasteiger partial charge on any atom is 0.323 e. The number of carbonyl (C=O) groups excluding carboxylic acids is 1. The zero-order valence-electron chi connectivity index (χ0n) is 14.2. The van der Waals surface area contributed by atoms with Gasteiger partial charge in [-0.05, 0) is 42.9 Å². The smallest absolute Gasteiger partial charge is 0.323 e. The molecule has 1 saturated heterocycles. The lowest BCUT2D eigenvalue weighted by Gasteiger charge is -2.33. The van der Waals surface area contributed by atoms with Gasteiger partial charge in [-0.25, -0.2) is 0 Å². The number of esters is 1. The number of carbonyl (C=O) groups is 1. The molecule has 2 fully saturated rings. The molecule has 1 saturated carbocycles. The number of nitrogens with zero attached hydrogens (tertiary/aromatic N) is 1. The van der Waals surface area contributed by atoms with Crippen LogP contribution < -0.4 is 9.47 Å². The predicted molar refractivity (Wildman–Crippen MR) is 89.1 cm³/mol. The van der Waals surface area contributed by atoms with Crippen LogP contribution in [0.3, 0.4) is 0 Å². The van der Waals surface area contributed by atoms with Crippen LogP contribution in [0.25, 0.3) is 0 Å². The second-order valence-electron chi connectivity index (χ2n) is 7.04. The number of hydrogen-bond donors (Lipinski definition) is 0. The molecular formula is C19H25NO4. The normalized spacial score (nSPS) is 29.1. The van der Waals surface area contributed by atoms with Gasteiger partial charge in [0, 0.05) is 12.6 Å². The molecule has 1 aromatic carbocycles. The Morgan fingerprint density at radius 1 is 1.21 bits per heavy atom. The molecule has 3 aliphatic rings. The first-order chi connectivity index (χ1) is 11.8. The lowest BCUT2D eigenvalue weighted by molar-refractivity contribution is -0.146. The van der Waals surface area contributed by atoms with Crippen molar-refractivity contribution in [3.05, 3.63) is 23.8 Å². The van der Waals surface area contributed by atoms with Gasteiger partial charge >= 0.3 is 5.97 Å². The average Bonchev–Trinajstić information content (AvgIpc) is 2.99. The number of hydrogen-bond acceptors (Lipinski definition) is 5. The fourth-order valence-corrected chi connectivity index (χ4v) is 4.54. The molecule has 2 aliphatic heterocycles. The highest BCUT2D eigenvalue weighted by Gasteiger charge is 2.45. The molecule has 5 nitrogen and oxygen atoms in total. The van der Waals surface area contributed by atoms with Crippen LogP contribution in [-0.4, -0.2) is 43.3 Å². The summed E-state index contributed by atoms with van der Waals surface area (Å²) in [5.41, 5.74) is 1.17. The Morgan fingerprint density at radius 3 is 2.83 bits per heavy atom. The van der Waals surface area contributed by atoms with Crippen molar-refractivity contribution in [1.82, 2.24) is 4.90 Å². The molecule has 0 bridgehead atoms. The van der Waals surface area contributed by atoms with Crippen molar-refractivity contribution >= 4 is 5.97 Å². The zero-order chi connectivity index (χ0) is 16.5. The number of likely N-dealkylation sites (tertiary alicyclic amines) is 1. The van der Waals surface area contributed by atoms with Gasteiger partial charge in [-0.15, -0.1) is 0 Å². The predicted octanol–water partition coefficient (Wildman–Crippen LogP) is 2.76. The number of fused-ring (bicyclic) bond motifs is 2. The van der Waals surface area contributed by atoms with E-state index in [-0.39, 0.29) is 12.0 Å². The fourth-order valence-electron chi connectivity index (χ4n) is 4.54. The minimum absolute atomic E-state index is 0.0954. The summed E-state index contributed by atoms with van der Waals surface area (Å²) < 4.78 is 16.4. The minimum Gasteiger partial charge on any atom is -0.486 e. The molecule has 0 unspecified atom stereocenters. The van der Waals surface area contributed by atoms with Crippen LogP contribution in [0.5, 0.6) is 11.5 Å². The largest absolute Gasteiger partial charge is 0.486 e. The Morgan fingerprint density at radius 2 is 2.00 bits per heavy atom. The summed E-state index contributed by atoms with van der Waals surface area (Å²) in [4.78, 5) is 14.6. The zero-order valence-corrected chi connectivity index (χ0v) is 14.2. The Balaban J connectivity index is 1.57. The molecule has 0 spiro atoms. The standard InChI is InChI=1S/C19H25NO4/c1-22-19(21)16-11-14-4-2-3-5-15(14)20(16)12-13-6-7-17-18(10-13)24-9-8-23-17/h6-7,10,14-16H,2-5,8-9,11-12H2,1H3/t14-,15+,16-/m0/s1. The molecule has 3 atom stereocenters. The van der Waals surface area contributed by atoms with Crippen molar-refractivity contribution < 1.29 is 19.0 Å². The molecule has 4 rings (SSSR count). The van der Waals surface area contributed by atoms with Gasteiger partial charge in [0.05, 0.1) is 7.11 Å². The van der Waals surface area contributed by atoms with E-state index in [0.29, 0.717) is 25.2 Å². The van der Waals surface area contributed by atoms with Crippen molar-refractivity contribution in [3.63, 3.8) is 0 Å². The highest BCUT2D eigenvalue weighted by atomic mass is 16.6. The molecule has 1 aromatic rings. The van der Waals surface area contributed by atoms with E-state index >= 15 is 0 Å². The van der Waals surface area contributed by atoms with Gasteiger partial charge < -0.3 is 14.2 Å². The second-order valence-corrected chi connectivity index (χ2v) is 7.04. The summed E-state index contributed by atoms with van der Waals surface area (Å²) in [5, 5.41) is 0. The Labute approximate surface area is 142 Å². The third-order valence-corrected chi connectivity index (χ3v) is 5.67. The molecular weight excluding hydrogens is 306 g/mol. The van der Waals surface area contributed by atoms with Crippen molar-refractivity contribution in [1.29, 1.82) is 0 Å². The van der Waals surface area contributed by atoms with Crippen LogP contribution in [0.1, 0.15) is 37.7 Å². The topological polar surface area (TPSA) is 48.0 Å². The molecule has 2 heterocycles. The second kappa shape index (κ2) is 6.63. The summed E-state index contributed by atoms with van der Waals surface area (Å²) in [7, 11) is 1.49. The molecule has 5 heteroatoms. The molecule has 1 aliphatic carbocycles. The van der Waals surface area contributed by atoms with Crippen LogP contribution >= 0.6 is 0 Å². The SMILES string of the molecule is COC(=O)[C@@H]1C[C@@H]2CCCC[C@H]2N1Cc1ccc2c(c1)OCCO2. The van der Waals surface area contributed by atoms with E-state index in [1.54, 1.807) is 0 Å². The number of methoxy groups -OCH3 is 1. The highest BCUT2D eigenvalue weighted by Crippen LogP contribution is 2.41. The third-order valence-electron chi connectivity index (χ3n) is 5.67. The van der Waals surface area contributed by atoms with E-state index in [9.17, 15) is 4.79 Å². The maximum atomic E-state index is 12.3. The van der Waals surface area contributed by atoms with Crippen LogP contribution in [0, 0.1) is 5.92 Å². The van der Waals surface area contributed by atoms with E-state index in [2.05, 4.69) is 17.0 Å². The quantitative estimate of drug-likeness (QED) is 0.797. The lowest BCUT2D eigenvalue weighted by Crippen LogP contribution is -2.42. The summed E-state index contributed by atoms with van der Waals surface area (Å²) in [6.07, 6.45) is 5.89. The summed E-state index contributed by atoms with van der Waals surface area (Å²) in [6.45, 7) is 1.96. The maximum absolute atomic E-state index is 12.3. The molecule has 130 valence electrons. The Bertz CT molecular complexity index is 617. The molecule has 24 heavy (non-hydrogen) atoms. The first-order valence-corrected chi connectivity index (χ1v) is 8.98. The Kier molecular flexibility index (Phi) is 4.35. The van der Waals surface area contributed by atoms with E-state index in [1.807, 2.05) is 6.07 Å². The van der Waals surface area contributed by atoms with Crippen molar-refractivity contribution in [2.75, 3.05) is 20.3 Å². The van der Waals surface area contributed by atoms with Gasteiger partial charge in [0.25, 0.3) is 0 Å². The summed E-state index contributed by atoms with van der Waals surface area (Å²) >= 11 is 0. The summed E-state index contributed by atoms with van der Waals surface area (Å²) in [5.74, 6) is 2.15. The lowest BCUT2D eigenvalue weighted by atomic mass is 9.84. The van der Waals surface area contributed by atoms with Crippen molar-refractivity contribution in [2.45, 2.75) is 50.7 Å². The fraction of sp³-hybridized carbons (Fsp3) is 0.632. The van der Waals surface area contributed by atoms with Gasteiger partial charge in [-0.3, -0.25) is 9.69 Å². The van der Waals surface area contributed by atoms with E-state index in [4.69, 9.17) is 14.2 Å². The summed E-state index contributed by atoms with van der Waals surface area (Å²) in [6, 6.07) is 6.50. The van der Waals surface area contributed by atoms with Crippen LogP contribution in [0.4, 0.5) is 0 Å². The minimum atomic E-state index is -0.115. The molecule has 0 radical (unpaired) electrons. The van der Waals surface area contributed by atoms with Crippen LogP contribution in [-0.2, 0) is 16.1 Å².